The van der Waals surface area contributed by atoms with Crippen molar-refractivity contribution in [3.05, 3.63) is 34.9 Å². The summed E-state index contributed by atoms with van der Waals surface area (Å²) in [5.41, 5.74) is 2.96. The van der Waals surface area contributed by atoms with Gasteiger partial charge in [-0.05, 0) is 43.4 Å². The minimum atomic E-state index is -0.236. The van der Waals surface area contributed by atoms with Gasteiger partial charge in [0.25, 0.3) is 0 Å². The van der Waals surface area contributed by atoms with Crippen molar-refractivity contribution in [1.82, 2.24) is 0 Å². The summed E-state index contributed by atoms with van der Waals surface area (Å²) in [6.45, 7) is 4.32. The summed E-state index contributed by atoms with van der Waals surface area (Å²) < 4.78 is 5.05. The molecule has 0 heterocycles. The molecule has 0 aliphatic carbocycles. The summed E-state index contributed by atoms with van der Waals surface area (Å²) in [6, 6.07) is 5.93. The molecule has 0 amide bonds. The van der Waals surface area contributed by atoms with Crippen molar-refractivity contribution in [3.63, 3.8) is 0 Å². The van der Waals surface area contributed by atoms with Crippen LogP contribution in [0.25, 0.3) is 0 Å². The Balaban J connectivity index is 2.97. The molecule has 0 spiro atoms. The van der Waals surface area contributed by atoms with Crippen molar-refractivity contribution in [2.75, 3.05) is 12.5 Å². The van der Waals surface area contributed by atoms with Gasteiger partial charge in [0.15, 0.2) is 0 Å². The first kappa shape index (κ1) is 14.0. The van der Waals surface area contributed by atoms with E-state index in [4.69, 9.17) is 16.3 Å². The molecule has 1 rings (SSSR count). The van der Waals surface area contributed by atoms with Gasteiger partial charge in [0.2, 0.25) is 0 Å². The molecule has 0 aliphatic heterocycles. The number of benzene rings is 1. The highest BCUT2D eigenvalue weighted by atomic mass is 35.5. The molecule has 3 heteroatoms. The van der Waals surface area contributed by atoms with Crippen LogP contribution in [-0.4, -0.2) is 18.5 Å². The van der Waals surface area contributed by atoms with E-state index in [1.807, 2.05) is 19.1 Å². The van der Waals surface area contributed by atoms with E-state index in [-0.39, 0.29) is 5.97 Å². The maximum Gasteiger partial charge on any atom is 0.338 e. The quantitative estimate of drug-likeness (QED) is 0.573. The van der Waals surface area contributed by atoms with Crippen LogP contribution < -0.4 is 0 Å². The first-order chi connectivity index (χ1) is 8.22. The third-order valence-corrected chi connectivity index (χ3v) is 2.92. The van der Waals surface area contributed by atoms with Crippen molar-refractivity contribution in [2.45, 2.75) is 33.1 Å². The normalized spacial score (nSPS) is 10.3. The number of halogens is 1. The van der Waals surface area contributed by atoms with Gasteiger partial charge in [0, 0.05) is 5.88 Å². The summed E-state index contributed by atoms with van der Waals surface area (Å²) in [6.07, 6.45) is 2.67. The van der Waals surface area contributed by atoms with Gasteiger partial charge in [-0.2, -0.15) is 0 Å². The highest BCUT2D eigenvalue weighted by Crippen LogP contribution is 2.16. The summed E-state index contributed by atoms with van der Waals surface area (Å²) in [7, 11) is 0. The second kappa shape index (κ2) is 7.33. The van der Waals surface area contributed by atoms with Gasteiger partial charge in [0.1, 0.15) is 0 Å². The van der Waals surface area contributed by atoms with E-state index in [0.29, 0.717) is 18.1 Å². The van der Waals surface area contributed by atoms with Crippen molar-refractivity contribution < 1.29 is 9.53 Å². The lowest BCUT2D eigenvalue weighted by molar-refractivity contribution is 0.0525. The average Bonchev–Trinajstić information content (AvgIpc) is 2.36. The highest BCUT2D eigenvalue weighted by Gasteiger charge is 2.12. The van der Waals surface area contributed by atoms with Gasteiger partial charge in [-0.25, -0.2) is 4.79 Å². The van der Waals surface area contributed by atoms with Crippen LogP contribution in [0.4, 0.5) is 0 Å². The zero-order chi connectivity index (χ0) is 12.7. The fraction of sp³-hybridized carbons (Fsp3) is 0.500. The molecule has 0 fully saturated rings. The molecule has 17 heavy (non-hydrogen) atoms. The van der Waals surface area contributed by atoms with Gasteiger partial charge in [-0.3, -0.25) is 0 Å². The molecule has 0 unspecified atom stereocenters. The van der Waals surface area contributed by atoms with Crippen LogP contribution in [0.5, 0.6) is 0 Å². The first-order valence-electron chi connectivity index (χ1n) is 6.07. The molecular weight excluding hydrogens is 236 g/mol. The van der Waals surface area contributed by atoms with Crippen LogP contribution in [0, 0.1) is 0 Å². The molecule has 0 radical (unpaired) electrons. The second-order valence-corrected chi connectivity index (χ2v) is 4.24. The van der Waals surface area contributed by atoms with Gasteiger partial charge >= 0.3 is 5.97 Å². The molecule has 0 bridgehead atoms. The van der Waals surface area contributed by atoms with Crippen LogP contribution in [-0.2, 0) is 17.6 Å². The Hall–Kier alpha value is -1.02. The van der Waals surface area contributed by atoms with Crippen LogP contribution in [0.3, 0.4) is 0 Å². The van der Waals surface area contributed by atoms with Gasteiger partial charge in [-0.15, -0.1) is 11.6 Å². The minimum absolute atomic E-state index is 0.236. The molecule has 0 aliphatic rings. The van der Waals surface area contributed by atoms with Crippen LogP contribution in [0.1, 0.15) is 41.8 Å². The number of alkyl halides is 1. The van der Waals surface area contributed by atoms with Gasteiger partial charge in [-0.1, -0.05) is 19.1 Å². The van der Waals surface area contributed by atoms with E-state index >= 15 is 0 Å². The Labute approximate surface area is 108 Å². The summed E-state index contributed by atoms with van der Waals surface area (Å²) >= 11 is 5.70. The minimum Gasteiger partial charge on any atom is -0.462 e. The molecule has 0 saturated carbocycles. The molecule has 2 nitrogen and oxygen atoms in total. The number of rotatable bonds is 6. The van der Waals surface area contributed by atoms with E-state index < -0.39 is 0 Å². The molecule has 0 N–H and O–H groups in total. The largest absolute Gasteiger partial charge is 0.462 e. The summed E-state index contributed by atoms with van der Waals surface area (Å²) in [5, 5.41) is 0. The predicted molar refractivity (Wildman–Crippen MR) is 70.8 cm³/mol. The number of ether oxygens (including phenoxy) is 1. The maximum absolute atomic E-state index is 11.8. The number of esters is 1. The molecule has 0 atom stereocenters. The number of carbonyl (C=O) groups excluding carboxylic acids is 1. The van der Waals surface area contributed by atoms with E-state index in [2.05, 4.69) is 13.0 Å². The highest BCUT2D eigenvalue weighted by molar-refractivity contribution is 6.17. The molecule has 1 aromatic rings. The Morgan fingerprint density at radius 3 is 2.71 bits per heavy atom. The zero-order valence-electron chi connectivity index (χ0n) is 10.5. The lowest BCUT2D eigenvalue weighted by Gasteiger charge is -2.10. The SMILES string of the molecule is CCOC(=O)c1ccc(CC)cc1CCCCl. The standard InChI is InChI=1S/C14H19ClO2/c1-3-11-7-8-13(14(16)17-4-2)12(10-11)6-5-9-15/h7-8,10H,3-6,9H2,1-2H3. The predicted octanol–water partition coefficient (Wildman–Crippen LogP) is 3.60. The van der Waals surface area contributed by atoms with Crippen molar-refractivity contribution >= 4 is 17.6 Å². The molecular formula is C14H19ClO2. The maximum atomic E-state index is 11.8. The Morgan fingerprint density at radius 1 is 1.35 bits per heavy atom. The third kappa shape index (κ3) is 4.04. The number of carbonyl (C=O) groups is 1. The molecule has 1 aromatic carbocycles. The van der Waals surface area contributed by atoms with Crippen LogP contribution in [0.2, 0.25) is 0 Å². The van der Waals surface area contributed by atoms with Crippen LogP contribution in [0.15, 0.2) is 18.2 Å². The molecule has 94 valence electrons. The third-order valence-electron chi connectivity index (χ3n) is 2.65. The van der Waals surface area contributed by atoms with Crippen molar-refractivity contribution in [1.29, 1.82) is 0 Å². The lowest BCUT2D eigenvalue weighted by atomic mass is 9.99. The van der Waals surface area contributed by atoms with E-state index in [9.17, 15) is 4.79 Å². The fourth-order valence-electron chi connectivity index (χ4n) is 1.74. The van der Waals surface area contributed by atoms with Crippen LogP contribution >= 0.6 is 11.6 Å². The van der Waals surface area contributed by atoms with E-state index in [0.717, 1.165) is 24.8 Å². The smallest absolute Gasteiger partial charge is 0.338 e. The second-order valence-electron chi connectivity index (χ2n) is 3.86. The number of hydrogen-bond acceptors (Lipinski definition) is 2. The monoisotopic (exact) mass is 254 g/mol. The van der Waals surface area contributed by atoms with E-state index in [1.54, 1.807) is 0 Å². The number of hydrogen-bond donors (Lipinski definition) is 0. The molecule has 0 saturated heterocycles. The zero-order valence-corrected chi connectivity index (χ0v) is 11.2. The summed E-state index contributed by atoms with van der Waals surface area (Å²) in [4.78, 5) is 11.8. The number of aryl methyl sites for hydroxylation is 2. The van der Waals surface area contributed by atoms with Gasteiger partial charge in [0.05, 0.1) is 12.2 Å². The Kier molecular flexibility index (Phi) is 6.06. The van der Waals surface area contributed by atoms with Crippen molar-refractivity contribution in [2.24, 2.45) is 0 Å². The lowest BCUT2D eigenvalue weighted by Crippen LogP contribution is -2.09. The Bertz CT molecular complexity index is 374. The molecule has 0 aromatic heterocycles. The topological polar surface area (TPSA) is 26.3 Å². The average molecular weight is 255 g/mol. The Morgan fingerprint density at radius 2 is 2.12 bits per heavy atom. The van der Waals surface area contributed by atoms with Gasteiger partial charge < -0.3 is 4.74 Å². The first-order valence-corrected chi connectivity index (χ1v) is 6.61. The van der Waals surface area contributed by atoms with Crippen molar-refractivity contribution in [3.8, 4) is 0 Å². The summed E-state index contributed by atoms with van der Waals surface area (Å²) in [5.74, 6) is 0.373. The van der Waals surface area contributed by atoms with E-state index in [1.165, 1.54) is 5.56 Å². The fourth-order valence-corrected chi connectivity index (χ4v) is 1.87.